The Hall–Kier alpha value is -2.88. The molecule has 40 heavy (non-hydrogen) atoms. The Bertz CT molecular complexity index is 1280. The van der Waals surface area contributed by atoms with Crippen molar-refractivity contribution in [2.24, 2.45) is 0 Å². The number of phosphoric ester groups is 1. The predicted molar refractivity (Wildman–Crippen MR) is 145 cm³/mol. The van der Waals surface area contributed by atoms with Gasteiger partial charge in [0.2, 0.25) is 0 Å². The Balaban J connectivity index is 1.36. The van der Waals surface area contributed by atoms with Crippen molar-refractivity contribution in [3.05, 3.63) is 107 Å². The number of hydrogen-bond acceptors (Lipinski definition) is 9. The lowest BCUT2D eigenvalue weighted by atomic mass is 9.94. The highest BCUT2D eigenvalue weighted by Crippen LogP contribution is 2.56. The summed E-state index contributed by atoms with van der Waals surface area (Å²) >= 11 is 0. The number of rotatable bonds is 8. The highest BCUT2D eigenvalue weighted by Gasteiger charge is 2.57. The zero-order valence-electron chi connectivity index (χ0n) is 22.2. The SMILES string of the molecule is CC(=O)O[C@@H]1[C@@H](N(Cc2ccccc2)Cc2ccccc2)[C@@H](OP2(=O)OCc3ccccc3CO2)[C@@H]2OC[C@H]1O2. The minimum Gasteiger partial charge on any atom is -0.458 e. The van der Waals surface area contributed by atoms with Crippen molar-refractivity contribution in [3.63, 3.8) is 0 Å². The van der Waals surface area contributed by atoms with Gasteiger partial charge in [-0.25, -0.2) is 4.57 Å². The average molecular weight is 566 g/mol. The predicted octanol–water partition coefficient (Wildman–Crippen LogP) is 4.98. The lowest BCUT2D eigenvalue weighted by Crippen LogP contribution is -2.62. The van der Waals surface area contributed by atoms with Crippen molar-refractivity contribution in [2.45, 2.75) is 63.9 Å². The van der Waals surface area contributed by atoms with Gasteiger partial charge in [-0.1, -0.05) is 84.9 Å². The third-order valence-corrected chi connectivity index (χ3v) is 8.74. The number of ether oxygens (including phenoxy) is 3. The van der Waals surface area contributed by atoms with E-state index in [4.69, 9.17) is 27.8 Å². The zero-order chi connectivity index (χ0) is 27.5. The molecule has 0 saturated carbocycles. The van der Waals surface area contributed by atoms with Crippen LogP contribution in [-0.2, 0) is 63.4 Å². The number of phosphoric acid groups is 1. The molecular weight excluding hydrogens is 533 g/mol. The van der Waals surface area contributed by atoms with Crippen molar-refractivity contribution < 1.29 is 37.1 Å². The summed E-state index contributed by atoms with van der Waals surface area (Å²) in [6.07, 6.45) is -3.04. The number of carbonyl (C=O) groups is 1. The van der Waals surface area contributed by atoms with Crippen LogP contribution in [0.3, 0.4) is 0 Å². The molecule has 2 saturated heterocycles. The first-order valence-corrected chi connectivity index (χ1v) is 14.8. The molecule has 3 aromatic carbocycles. The van der Waals surface area contributed by atoms with Crippen molar-refractivity contribution >= 4 is 13.8 Å². The standard InChI is InChI=1S/C30H32NO8P/c1-21(32)37-28-26-20-34-30(38-26)29(39-40(33)35-18-24-14-8-9-15-25(24)19-36-40)27(28)31(16-22-10-4-2-5-11-22)17-23-12-6-3-7-13-23/h2-15,26-30H,16-20H2,1H3/t26-,27-,28+,29-,30-/m1/s1. The summed E-state index contributed by atoms with van der Waals surface area (Å²) in [5.74, 6) is -0.453. The molecule has 0 aliphatic carbocycles. The second kappa shape index (κ2) is 11.9. The Morgan fingerprint density at radius 2 is 1.40 bits per heavy atom. The molecule has 3 aliphatic heterocycles. The molecule has 0 radical (unpaired) electrons. The minimum atomic E-state index is -4.07. The van der Waals surface area contributed by atoms with Crippen LogP contribution in [0, 0.1) is 0 Å². The van der Waals surface area contributed by atoms with E-state index in [1.54, 1.807) is 0 Å². The van der Waals surface area contributed by atoms with Gasteiger partial charge >= 0.3 is 13.8 Å². The van der Waals surface area contributed by atoms with Crippen LogP contribution in [0.25, 0.3) is 0 Å². The molecule has 6 rings (SSSR count). The van der Waals surface area contributed by atoms with Crippen molar-refractivity contribution in [1.29, 1.82) is 0 Å². The Kier molecular flexibility index (Phi) is 8.14. The lowest BCUT2D eigenvalue weighted by molar-refractivity contribution is -0.222. The van der Waals surface area contributed by atoms with Gasteiger partial charge in [-0.15, -0.1) is 0 Å². The highest BCUT2D eigenvalue weighted by atomic mass is 31.2. The molecule has 210 valence electrons. The van der Waals surface area contributed by atoms with E-state index in [9.17, 15) is 9.36 Å². The Labute approximate surface area is 233 Å². The summed E-state index contributed by atoms with van der Waals surface area (Å²) < 4.78 is 49.8. The molecule has 3 heterocycles. The van der Waals surface area contributed by atoms with E-state index in [1.807, 2.05) is 84.9 Å². The first-order valence-electron chi connectivity index (χ1n) is 13.4. The van der Waals surface area contributed by atoms with E-state index in [0.29, 0.717) is 13.1 Å². The molecule has 0 N–H and O–H groups in total. The third-order valence-electron chi connectivity index (χ3n) is 7.35. The van der Waals surface area contributed by atoms with E-state index < -0.39 is 44.4 Å². The number of benzene rings is 3. The van der Waals surface area contributed by atoms with Gasteiger partial charge in [0.1, 0.15) is 18.3 Å². The van der Waals surface area contributed by atoms with Gasteiger partial charge in [0.25, 0.3) is 0 Å². The molecular formula is C30H32NO8P. The fraction of sp³-hybridized carbons (Fsp3) is 0.367. The first kappa shape index (κ1) is 27.3. The van der Waals surface area contributed by atoms with Crippen LogP contribution in [0.15, 0.2) is 84.9 Å². The second-order valence-electron chi connectivity index (χ2n) is 10.1. The molecule has 9 nitrogen and oxygen atoms in total. The minimum absolute atomic E-state index is 0.0744. The average Bonchev–Trinajstić information content (AvgIpc) is 3.33. The van der Waals surface area contributed by atoms with Crippen LogP contribution in [0.2, 0.25) is 0 Å². The summed E-state index contributed by atoms with van der Waals surface area (Å²) in [5, 5.41) is 0. The topological polar surface area (TPSA) is 92.8 Å². The maximum atomic E-state index is 14.0. The molecule has 0 aromatic heterocycles. The van der Waals surface area contributed by atoms with Gasteiger partial charge in [0.15, 0.2) is 6.29 Å². The molecule has 2 fully saturated rings. The number of nitrogens with zero attached hydrogens (tertiary/aromatic N) is 1. The number of esters is 1. The molecule has 0 amide bonds. The molecule has 5 atom stereocenters. The molecule has 3 aromatic rings. The Morgan fingerprint density at radius 1 is 0.850 bits per heavy atom. The fourth-order valence-corrected chi connectivity index (χ4v) is 6.82. The lowest BCUT2D eigenvalue weighted by Gasteiger charge is -2.45. The summed E-state index contributed by atoms with van der Waals surface area (Å²) in [4.78, 5) is 14.5. The van der Waals surface area contributed by atoms with Gasteiger partial charge in [-0.05, 0) is 22.3 Å². The fourth-order valence-electron chi connectivity index (χ4n) is 5.50. The van der Waals surface area contributed by atoms with E-state index in [0.717, 1.165) is 22.3 Å². The summed E-state index contributed by atoms with van der Waals surface area (Å²) in [6, 6.07) is 27.0. The van der Waals surface area contributed by atoms with Gasteiger partial charge in [-0.2, -0.15) is 0 Å². The van der Waals surface area contributed by atoms with E-state index >= 15 is 0 Å². The molecule has 0 unspecified atom stereocenters. The number of carbonyl (C=O) groups excluding carboxylic acids is 1. The first-order chi connectivity index (χ1) is 19.5. The van der Waals surface area contributed by atoms with Crippen molar-refractivity contribution in [3.8, 4) is 0 Å². The van der Waals surface area contributed by atoms with Gasteiger partial charge in [0.05, 0.1) is 25.9 Å². The van der Waals surface area contributed by atoms with Crippen LogP contribution < -0.4 is 0 Å². The maximum absolute atomic E-state index is 14.0. The van der Waals surface area contributed by atoms with Crippen LogP contribution >= 0.6 is 7.82 Å². The smallest absolute Gasteiger partial charge is 0.458 e. The van der Waals surface area contributed by atoms with Crippen LogP contribution in [0.5, 0.6) is 0 Å². The molecule has 2 bridgehead atoms. The monoisotopic (exact) mass is 565 g/mol. The second-order valence-corrected chi connectivity index (χ2v) is 11.8. The summed E-state index contributed by atoms with van der Waals surface area (Å²) in [6.45, 7) is 2.74. The number of hydrogen-bond donors (Lipinski definition) is 0. The largest absolute Gasteiger partial charge is 0.475 e. The van der Waals surface area contributed by atoms with Crippen molar-refractivity contribution in [1.82, 2.24) is 4.90 Å². The van der Waals surface area contributed by atoms with E-state index in [1.165, 1.54) is 6.92 Å². The summed E-state index contributed by atoms with van der Waals surface area (Å²) in [7, 11) is -4.07. The van der Waals surface area contributed by atoms with E-state index in [2.05, 4.69) is 4.90 Å². The molecule has 10 heteroatoms. The highest BCUT2D eigenvalue weighted by molar-refractivity contribution is 7.48. The van der Waals surface area contributed by atoms with Gasteiger partial charge in [0, 0.05) is 20.0 Å². The van der Waals surface area contributed by atoms with Crippen LogP contribution in [-0.4, -0.2) is 48.1 Å². The zero-order valence-corrected chi connectivity index (χ0v) is 23.1. The number of fused-ring (bicyclic) bond motifs is 3. The normalized spacial score (nSPS) is 27.1. The van der Waals surface area contributed by atoms with E-state index in [-0.39, 0.29) is 19.8 Å². The van der Waals surface area contributed by atoms with Crippen LogP contribution in [0.1, 0.15) is 29.2 Å². The third kappa shape index (κ3) is 6.06. The van der Waals surface area contributed by atoms with Crippen LogP contribution in [0.4, 0.5) is 0 Å². The summed E-state index contributed by atoms with van der Waals surface area (Å²) in [5.41, 5.74) is 3.88. The Morgan fingerprint density at radius 3 is 1.95 bits per heavy atom. The molecule has 0 spiro atoms. The maximum Gasteiger partial charge on any atom is 0.475 e. The molecule has 3 aliphatic rings. The van der Waals surface area contributed by atoms with Gasteiger partial charge in [-0.3, -0.25) is 23.3 Å². The van der Waals surface area contributed by atoms with Crippen molar-refractivity contribution in [2.75, 3.05) is 6.61 Å². The van der Waals surface area contributed by atoms with Gasteiger partial charge < -0.3 is 14.2 Å². The quantitative estimate of drug-likeness (QED) is 0.277.